The van der Waals surface area contributed by atoms with Gasteiger partial charge in [0.05, 0.1) is 24.5 Å². The van der Waals surface area contributed by atoms with E-state index in [1.807, 2.05) is 49.1 Å². The van der Waals surface area contributed by atoms with Gasteiger partial charge in [-0.2, -0.15) is 5.10 Å². The minimum absolute atomic E-state index is 0.243. The molecule has 2 aromatic heterocycles. The van der Waals surface area contributed by atoms with Gasteiger partial charge in [0.1, 0.15) is 5.75 Å². The Labute approximate surface area is 178 Å². The quantitative estimate of drug-likeness (QED) is 0.623. The molecule has 0 amide bonds. The van der Waals surface area contributed by atoms with Gasteiger partial charge in [-0.1, -0.05) is 12.1 Å². The van der Waals surface area contributed by atoms with E-state index < -0.39 is 0 Å². The zero-order valence-corrected chi connectivity index (χ0v) is 18.5. The Hall–Kier alpha value is -2.93. The lowest BCUT2D eigenvalue weighted by molar-refractivity contribution is 0.244. The number of benzene rings is 1. The standard InChI is InChI=1S/C23H30N6O/c1-16-18(14-28(4)26-16)15-29-11-7-10-21(29)22-20(13-24-23(25-22)27(2)3)17-8-6-9-19(12-17)30-5/h6,8-9,12-14,21H,7,10-11,15H2,1-5H3. The van der Waals surface area contributed by atoms with Crippen LogP contribution in [-0.4, -0.2) is 52.4 Å². The lowest BCUT2D eigenvalue weighted by Gasteiger charge is -2.26. The minimum atomic E-state index is 0.243. The number of aromatic nitrogens is 4. The van der Waals surface area contributed by atoms with Gasteiger partial charge < -0.3 is 9.64 Å². The molecule has 1 fully saturated rings. The van der Waals surface area contributed by atoms with Gasteiger partial charge in [-0.15, -0.1) is 0 Å². The van der Waals surface area contributed by atoms with Crippen molar-refractivity contribution in [2.24, 2.45) is 7.05 Å². The van der Waals surface area contributed by atoms with E-state index in [4.69, 9.17) is 9.72 Å². The fraction of sp³-hybridized carbons (Fsp3) is 0.435. The van der Waals surface area contributed by atoms with Crippen LogP contribution in [0.1, 0.15) is 35.8 Å². The number of anilines is 1. The number of aryl methyl sites for hydroxylation is 2. The fourth-order valence-electron chi connectivity index (χ4n) is 4.22. The summed E-state index contributed by atoms with van der Waals surface area (Å²) >= 11 is 0. The Bertz CT molecular complexity index is 1030. The highest BCUT2D eigenvalue weighted by atomic mass is 16.5. The first-order valence-electron chi connectivity index (χ1n) is 10.4. The average Bonchev–Trinajstić information content (AvgIpc) is 3.33. The maximum atomic E-state index is 5.45. The monoisotopic (exact) mass is 406 g/mol. The number of likely N-dealkylation sites (tertiary alicyclic amines) is 1. The molecule has 0 N–H and O–H groups in total. The van der Waals surface area contributed by atoms with Crippen molar-refractivity contribution in [3.8, 4) is 16.9 Å². The molecule has 1 aliphatic heterocycles. The van der Waals surface area contributed by atoms with E-state index >= 15 is 0 Å². The highest BCUT2D eigenvalue weighted by molar-refractivity contribution is 5.68. The van der Waals surface area contributed by atoms with Crippen LogP contribution in [0.25, 0.3) is 11.1 Å². The van der Waals surface area contributed by atoms with Crippen LogP contribution in [0, 0.1) is 6.92 Å². The number of nitrogens with zero attached hydrogens (tertiary/aromatic N) is 6. The number of hydrogen-bond donors (Lipinski definition) is 0. The Morgan fingerprint density at radius 1 is 1.27 bits per heavy atom. The Morgan fingerprint density at radius 2 is 2.10 bits per heavy atom. The fourth-order valence-corrected chi connectivity index (χ4v) is 4.22. The van der Waals surface area contributed by atoms with Gasteiger partial charge in [-0.25, -0.2) is 9.97 Å². The van der Waals surface area contributed by atoms with Crippen LogP contribution in [0.5, 0.6) is 5.75 Å². The number of methoxy groups -OCH3 is 1. The molecule has 0 bridgehead atoms. The summed E-state index contributed by atoms with van der Waals surface area (Å²) in [6.45, 7) is 4.01. The molecular formula is C23H30N6O. The summed E-state index contributed by atoms with van der Waals surface area (Å²) in [6, 6.07) is 8.38. The van der Waals surface area contributed by atoms with Gasteiger partial charge in [-0.3, -0.25) is 9.58 Å². The number of rotatable bonds is 6. The maximum Gasteiger partial charge on any atom is 0.225 e. The largest absolute Gasteiger partial charge is 0.497 e. The Kier molecular flexibility index (Phi) is 5.72. The first-order chi connectivity index (χ1) is 14.5. The molecule has 0 radical (unpaired) electrons. The Balaban J connectivity index is 1.75. The second-order valence-corrected chi connectivity index (χ2v) is 8.14. The highest BCUT2D eigenvalue weighted by Crippen LogP contribution is 2.38. The zero-order valence-electron chi connectivity index (χ0n) is 18.5. The molecule has 7 heteroatoms. The van der Waals surface area contributed by atoms with Crippen molar-refractivity contribution < 1.29 is 4.74 Å². The van der Waals surface area contributed by atoms with Crippen LogP contribution in [-0.2, 0) is 13.6 Å². The maximum absolute atomic E-state index is 5.45. The molecule has 1 unspecified atom stereocenters. The third kappa shape index (κ3) is 4.03. The number of ether oxygens (including phenoxy) is 1. The molecule has 0 saturated carbocycles. The van der Waals surface area contributed by atoms with Crippen molar-refractivity contribution in [2.45, 2.75) is 32.4 Å². The van der Waals surface area contributed by atoms with E-state index in [1.54, 1.807) is 7.11 Å². The first kappa shape index (κ1) is 20.3. The summed E-state index contributed by atoms with van der Waals surface area (Å²) in [7, 11) is 7.64. The predicted octanol–water partition coefficient (Wildman–Crippen LogP) is 3.60. The topological polar surface area (TPSA) is 59.3 Å². The van der Waals surface area contributed by atoms with Crippen molar-refractivity contribution >= 4 is 5.95 Å². The van der Waals surface area contributed by atoms with E-state index in [0.29, 0.717) is 0 Å². The van der Waals surface area contributed by atoms with Gasteiger partial charge in [0.25, 0.3) is 0 Å². The predicted molar refractivity (Wildman–Crippen MR) is 119 cm³/mol. The first-order valence-corrected chi connectivity index (χ1v) is 10.4. The van der Waals surface area contributed by atoms with Crippen molar-refractivity contribution in [1.29, 1.82) is 0 Å². The third-order valence-electron chi connectivity index (χ3n) is 5.75. The molecule has 3 heterocycles. The van der Waals surface area contributed by atoms with E-state index in [9.17, 15) is 0 Å². The van der Waals surface area contributed by atoms with Crippen LogP contribution in [0.15, 0.2) is 36.7 Å². The molecule has 158 valence electrons. The van der Waals surface area contributed by atoms with Crippen LogP contribution >= 0.6 is 0 Å². The molecule has 1 aromatic carbocycles. The summed E-state index contributed by atoms with van der Waals surface area (Å²) in [5.74, 6) is 1.57. The van der Waals surface area contributed by atoms with Gasteiger partial charge in [-0.05, 0) is 44.0 Å². The Morgan fingerprint density at radius 3 is 2.80 bits per heavy atom. The minimum Gasteiger partial charge on any atom is -0.497 e. The molecule has 1 saturated heterocycles. The second kappa shape index (κ2) is 8.44. The van der Waals surface area contributed by atoms with Crippen molar-refractivity contribution in [3.05, 3.63) is 53.6 Å². The van der Waals surface area contributed by atoms with Gasteiger partial charge >= 0.3 is 0 Å². The zero-order chi connectivity index (χ0) is 21.3. The summed E-state index contributed by atoms with van der Waals surface area (Å²) in [6.07, 6.45) is 6.32. The van der Waals surface area contributed by atoms with Crippen LogP contribution in [0.4, 0.5) is 5.95 Å². The SMILES string of the molecule is COc1cccc(-c2cnc(N(C)C)nc2C2CCCN2Cc2cn(C)nc2C)c1. The average molecular weight is 407 g/mol. The lowest BCUT2D eigenvalue weighted by atomic mass is 9.99. The normalized spacial score (nSPS) is 16.8. The number of hydrogen-bond acceptors (Lipinski definition) is 6. The summed E-state index contributed by atoms with van der Waals surface area (Å²) in [4.78, 5) is 14.1. The third-order valence-corrected chi connectivity index (χ3v) is 5.75. The molecule has 0 aliphatic carbocycles. The smallest absolute Gasteiger partial charge is 0.225 e. The van der Waals surface area contributed by atoms with E-state index in [0.717, 1.165) is 60.1 Å². The van der Waals surface area contributed by atoms with Gasteiger partial charge in [0.15, 0.2) is 0 Å². The molecular weight excluding hydrogens is 376 g/mol. The van der Waals surface area contributed by atoms with E-state index in [-0.39, 0.29) is 6.04 Å². The van der Waals surface area contributed by atoms with E-state index in [2.05, 4.69) is 40.2 Å². The van der Waals surface area contributed by atoms with Crippen LogP contribution < -0.4 is 9.64 Å². The van der Waals surface area contributed by atoms with Crippen LogP contribution in [0.3, 0.4) is 0 Å². The molecule has 7 nitrogen and oxygen atoms in total. The summed E-state index contributed by atoms with van der Waals surface area (Å²) in [5, 5.41) is 4.52. The van der Waals surface area contributed by atoms with Crippen LogP contribution in [0.2, 0.25) is 0 Å². The molecule has 4 rings (SSSR count). The summed E-state index contributed by atoms with van der Waals surface area (Å²) in [5.41, 5.74) is 5.60. The summed E-state index contributed by atoms with van der Waals surface area (Å²) < 4.78 is 7.35. The van der Waals surface area contributed by atoms with Crippen molar-refractivity contribution in [2.75, 3.05) is 32.6 Å². The van der Waals surface area contributed by atoms with E-state index in [1.165, 1.54) is 5.56 Å². The van der Waals surface area contributed by atoms with Gasteiger partial charge in [0.2, 0.25) is 5.95 Å². The molecule has 0 spiro atoms. The lowest BCUT2D eigenvalue weighted by Crippen LogP contribution is -2.25. The van der Waals surface area contributed by atoms with Crippen molar-refractivity contribution in [1.82, 2.24) is 24.6 Å². The van der Waals surface area contributed by atoms with Crippen molar-refractivity contribution in [3.63, 3.8) is 0 Å². The molecule has 1 aliphatic rings. The molecule has 3 aromatic rings. The second-order valence-electron chi connectivity index (χ2n) is 8.14. The molecule has 30 heavy (non-hydrogen) atoms. The molecule has 1 atom stereocenters. The van der Waals surface area contributed by atoms with Gasteiger partial charge in [0, 0.05) is 51.2 Å². The highest BCUT2D eigenvalue weighted by Gasteiger charge is 2.31.